The summed E-state index contributed by atoms with van der Waals surface area (Å²) in [4.78, 5) is 43.8. The monoisotopic (exact) mass is 468 g/mol. The Labute approximate surface area is 193 Å². The van der Waals surface area contributed by atoms with Crippen molar-refractivity contribution in [2.75, 3.05) is 0 Å². The third-order valence-corrected chi connectivity index (χ3v) is 5.61. The predicted octanol–water partition coefficient (Wildman–Crippen LogP) is 2.39. The molecule has 33 heavy (non-hydrogen) atoms. The van der Waals surface area contributed by atoms with Crippen molar-refractivity contribution in [2.24, 2.45) is 14.1 Å². The molecule has 1 amide bonds. The van der Waals surface area contributed by atoms with Crippen LogP contribution in [-0.2, 0) is 20.6 Å². The molecule has 0 aliphatic rings. The van der Waals surface area contributed by atoms with Crippen molar-refractivity contribution in [3.05, 3.63) is 73.8 Å². The number of hydrogen-bond acceptors (Lipinski definition) is 7. The van der Waals surface area contributed by atoms with E-state index in [9.17, 15) is 14.4 Å². The molecule has 0 aliphatic carbocycles. The average molecular weight is 469 g/mol. The highest BCUT2D eigenvalue weighted by Crippen LogP contribution is 2.26. The maximum absolute atomic E-state index is 13.3. The van der Waals surface area contributed by atoms with Crippen molar-refractivity contribution in [3.63, 3.8) is 0 Å². The highest BCUT2D eigenvalue weighted by Gasteiger charge is 2.24. The van der Waals surface area contributed by atoms with E-state index in [2.05, 4.69) is 15.2 Å². The van der Waals surface area contributed by atoms with Crippen molar-refractivity contribution in [1.82, 2.24) is 29.2 Å². The average Bonchev–Trinajstić information content (AvgIpc) is 3.27. The summed E-state index contributed by atoms with van der Waals surface area (Å²) in [5, 5.41) is 8.81. The molecule has 0 saturated carbocycles. The van der Waals surface area contributed by atoms with Gasteiger partial charge in [0.15, 0.2) is 0 Å². The second-order valence-electron chi connectivity index (χ2n) is 7.78. The molecule has 10 nitrogen and oxygen atoms in total. The van der Waals surface area contributed by atoms with Crippen LogP contribution in [0.25, 0.3) is 22.5 Å². The van der Waals surface area contributed by atoms with Gasteiger partial charge in [-0.05, 0) is 38.1 Å². The zero-order chi connectivity index (χ0) is 23.9. The van der Waals surface area contributed by atoms with E-state index in [-0.39, 0.29) is 41.1 Å². The summed E-state index contributed by atoms with van der Waals surface area (Å²) < 4.78 is 7.98. The number of pyridine rings is 1. The fraction of sp³-hybridized carbons (Fsp3) is 0.273. The highest BCUT2D eigenvalue weighted by molar-refractivity contribution is 6.33. The van der Waals surface area contributed by atoms with Crippen LogP contribution < -0.4 is 11.2 Å². The maximum atomic E-state index is 13.3. The number of nitrogens with zero attached hydrogens (tertiary/aromatic N) is 6. The van der Waals surface area contributed by atoms with Crippen LogP contribution in [0.1, 0.15) is 30.2 Å². The van der Waals surface area contributed by atoms with Gasteiger partial charge in [0.25, 0.3) is 11.5 Å². The number of halogens is 1. The third-order valence-electron chi connectivity index (χ3n) is 5.28. The Balaban J connectivity index is 1.67. The van der Waals surface area contributed by atoms with Gasteiger partial charge in [0.1, 0.15) is 11.3 Å². The van der Waals surface area contributed by atoms with Crippen LogP contribution in [0.15, 0.2) is 50.4 Å². The van der Waals surface area contributed by atoms with Crippen molar-refractivity contribution >= 4 is 28.5 Å². The number of carbonyl (C=O) groups is 1. The number of hydrogen-bond donors (Lipinski definition) is 0. The Morgan fingerprint density at radius 3 is 2.52 bits per heavy atom. The molecule has 0 bridgehead atoms. The number of rotatable bonds is 5. The zero-order valence-electron chi connectivity index (χ0n) is 18.4. The third kappa shape index (κ3) is 4.05. The summed E-state index contributed by atoms with van der Waals surface area (Å²) in [6.45, 7) is 3.73. The minimum Gasteiger partial charge on any atom is -0.419 e. The fourth-order valence-electron chi connectivity index (χ4n) is 3.42. The van der Waals surface area contributed by atoms with E-state index in [1.54, 1.807) is 24.3 Å². The van der Waals surface area contributed by atoms with E-state index in [4.69, 9.17) is 16.0 Å². The second kappa shape index (κ2) is 8.62. The zero-order valence-corrected chi connectivity index (χ0v) is 19.2. The van der Waals surface area contributed by atoms with Crippen molar-refractivity contribution < 1.29 is 9.21 Å². The lowest BCUT2D eigenvalue weighted by Gasteiger charge is -2.25. The molecule has 3 aromatic heterocycles. The van der Waals surface area contributed by atoms with Gasteiger partial charge in [0, 0.05) is 20.1 Å². The van der Waals surface area contributed by atoms with Gasteiger partial charge in [-0.3, -0.25) is 18.7 Å². The molecule has 0 fully saturated rings. The summed E-state index contributed by atoms with van der Waals surface area (Å²) >= 11 is 6.20. The normalized spacial score (nSPS) is 11.3. The van der Waals surface area contributed by atoms with E-state index in [1.165, 1.54) is 35.7 Å². The van der Waals surface area contributed by atoms with Gasteiger partial charge in [-0.2, -0.15) is 0 Å². The molecule has 0 unspecified atom stereocenters. The van der Waals surface area contributed by atoms with Gasteiger partial charge in [0.05, 0.1) is 22.5 Å². The molecule has 1 aromatic carbocycles. The Hall–Kier alpha value is -3.79. The number of carbonyl (C=O) groups excluding carboxylic acids is 1. The molecule has 3 heterocycles. The SMILES string of the molecule is CC(C)N(Cc1nnc(-c2ccccc2Cl)o1)C(=O)c1ccc2c(=O)n(C)c(=O)n(C)c2n1. The number of benzene rings is 1. The van der Waals surface area contributed by atoms with Gasteiger partial charge < -0.3 is 9.32 Å². The van der Waals surface area contributed by atoms with Crippen LogP contribution >= 0.6 is 11.6 Å². The minimum absolute atomic E-state index is 0.0448. The summed E-state index contributed by atoms with van der Waals surface area (Å²) in [6.07, 6.45) is 0. The quantitative estimate of drug-likeness (QED) is 0.441. The Morgan fingerprint density at radius 2 is 1.82 bits per heavy atom. The number of aromatic nitrogens is 5. The lowest BCUT2D eigenvalue weighted by atomic mass is 10.2. The van der Waals surface area contributed by atoms with Gasteiger partial charge in [-0.1, -0.05) is 23.7 Å². The Morgan fingerprint density at radius 1 is 1.09 bits per heavy atom. The number of amides is 1. The molecule has 0 spiro atoms. The van der Waals surface area contributed by atoms with E-state index < -0.39 is 17.2 Å². The molecule has 0 aliphatic heterocycles. The summed E-state index contributed by atoms with van der Waals surface area (Å²) in [6, 6.07) is 9.83. The minimum atomic E-state index is -0.525. The molecule has 0 N–H and O–H groups in total. The van der Waals surface area contributed by atoms with Gasteiger partial charge in [-0.25, -0.2) is 9.78 Å². The van der Waals surface area contributed by atoms with Crippen LogP contribution in [0.3, 0.4) is 0 Å². The van der Waals surface area contributed by atoms with Crippen molar-refractivity contribution in [1.29, 1.82) is 0 Å². The lowest BCUT2D eigenvalue weighted by molar-refractivity contribution is 0.0666. The highest BCUT2D eigenvalue weighted by atomic mass is 35.5. The molecule has 170 valence electrons. The topological polar surface area (TPSA) is 116 Å². The number of aryl methyl sites for hydroxylation is 1. The van der Waals surface area contributed by atoms with Gasteiger partial charge in [-0.15, -0.1) is 10.2 Å². The molecule has 4 aromatic rings. The molecule has 11 heteroatoms. The molecular formula is C22H21ClN6O4. The van der Waals surface area contributed by atoms with E-state index in [0.29, 0.717) is 10.6 Å². The number of fused-ring (bicyclic) bond motifs is 1. The van der Waals surface area contributed by atoms with Gasteiger partial charge >= 0.3 is 5.69 Å². The summed E-state index contributed by atoms with van der Waals surface area (Å²) in [7, 11) is 2.89. The first kappa shape index (κ1) is 22.4. The fourth-order valence-corrected chi connectivity index (χ4v) is 3.63. The smallest absolute Gasteiger partial charge is 0.332 e. The van der Waals surface area contributed by atoms with E-state index >= 15 is 0 Å². The predicted molar refractivity (Wildman–Crippen MR) is 122 cm³/mol. The second-order valence-corrected chi connectivity index (χ2v) is 8.19. The standard InChI is InChI=1S/C22H21ClN6O4/c1-12(2)29(11-17-25-26-19(33-17)13-7-5-6-8-15(13)23)21(31)16-10-9-14-18(24-16)27(3)22(32)28(4)20(14)30/h5-10,12H,11H2,1-4H3. The maximum Gasteiger partial charge on any atom is 0.332 e. The summed E-state index contributed by atoms with van der Waals surface area (Å²) in [5.74, 6) is 0.0768. The first-order valence-electron chi connectivity index (χ1n) is 10.1. The van der Waals surface area contributed by atoms with Crippen LogP contribution in [0.4, 0.5) is 0 Å². The van der Waals surface area contributed by atoms with Crippen LogP contribution in [0.2, 0.25) is 5.02 Å². The van der Waals surface area contributed by atoms with Crippen LogP contribution in [0, 0.1) is 0 Å². The Kier molecular flexibility index (Phi) is 5.86. The Bertz CT molecular complexity index is 1490. The first-order chi connectivity index (χ1) is 15.7. The van der Waals surface area contributed by atoms with E-state index in [0.717, 1.165) is 4.57 Å². The van der Waals surface area contributed by atoms with Crippen LogP contribution in [-0.4, -0.2) is 41.2 Å². The molecule has 0 saturated heterocycles. The van der Waals surface area contributed by atoms with E-state index in [1.807, 2.05) is 13.8 Å². The lowest BCUT2D eigenvalue weighted by Crippen LogP contribution is -2.39. The summed E-state index contributed by atoms with van der Waals surface area (Å²) in [5.41, 5.74) is -0.178. The van der Waals surface area contributed by atoms with Crippen LogP contribution in [0.5, 0.6) is 0 Å². The van der Waals surface area contributed by atoms with Crippen molar-refractivity contribution in [3.8, 4) is 11.5 Å². The molecule has 0 radical (unpaired) electrons. The van der Waals surface area contributed by atoms with Gasteiger partial charge in [0.2, 0.25) is 11.8 Å². The molecule has 0 atom stereocenters. The molecule has 4 rings (SSSR count). The first-order valence-corrected chi connectivity index (χ1v) is 10.5. The largest absolute Gasteiger partial charge is 0.419 e. The molecular weight excluding hydrogens is 448 g/mol. The van der Waals surface area contributed by atoms with Crippen molar-refractivity contribution in [2.45, 2.75) is 26.4 Å².